The standard InChI is InChI=1S/C21H26N4O/c1-25-13-15(12-23-25)19-16-7-4-3-5-8-18(16)24-20(17(19)11-22)21(14-26-2)9-6-10-21/h12-13H,3-10,14H2,1-2H3. The van der Waals surface area contributed by atoms with E-state index in [0.717, 1.165) is 54.5 Å². The molecule has 5 nitrogen and oxygen atoms in total. The molecule has 2 aromatic heterocycles. The maximum Gasteiger partial charge on any atom is 0.102 e. The molecule has 0 unspecified atom stereocenters. The van der Waals surface area contributed by atoms with E-state index in [-0.39, 0.29) is 5.41 Å². The lowest BCUT2D eigenvalue weighted by Gasteiger charge is -2.42. The van der Waals surface area contributed by atoms with Crippen molar-refractivity contribution >= 4 is 0 Å². The van der Waals surface area contributed by atoms with Gasteiger partial charge in [0.15, 0.2) is 0 Å². The summed E-state index contributed by atoms with van der Waals surface area (Å²) in [6.07, 6.45) is 12.7. The minimum Gasteiger partial charge on any atom is -0.384 e. The maximum absolute atomic E-state index is 10.1. The van der Waals surface area contributed by atoms with Crippen LogP contribution in [-0.4, -0.2) is 28.5 Å². The number of fused-ring (bicyclic) bond motifs is 1. The molecule has 0 atom stereocenters. The number of nitriles is 1. The predicted octanol–water partition coefficient (Wildman–Crippen LogP) is 3.69. The van der Waals surface area contributed by atoms with Crippen molar-refractivity contribution in [2.24, 2.45) is 7.05 Å². The molecule has 5 heteroatoms. The average molecular weight is 350 g/mol. The molecular weight excluding hydrogens is 324 g/mol. The first kappa shape index (κ1) is 17.2. The highest BCUT2D eigenvalue weighted by molar-refractivity contribution is 5.75. The summed E-state index contributed by atoms with van der Waals surface area (Å²) in [4.78, 5) is 5.12. The molecular formula is C21H26N4O. The fourth-order valence-electron chi connectivity index (χ4n) is 4.61. The second-order valence-corrected chi connectivity index (χ2v) is 7.78. The molecule has 4 rings (SSSR count). The maximum atomic E-state index is 10.1. The van der Waals surface area contributed by atoms with Gasteiger partial charge in [0.05, 0.1) is 24.1 Å². The third kappa shape index (κ3) is 2.73. The van der Waals surface area contributed by atoms with Gasteiger partial charge in [0.1, 0.15) is 6.07 Å². The first-order valence-electron chi connectivity index (χ1n) is 9.63. The van der Waals surface area contributed by atoms with Gasteiger partial charge in [0, 0.05) is 42.6 Å². The van der Waals surface area contributed by atoms with E-state index >= 15 is 0 Å². The molecule has 2 aliphatic carbocycles. The Morgan fingerprint density at radius 1 is 1.23 bits per heavy atom. The van der Waals surface area contributed by atoms with Crippen LogP contribution in [-0.2, 0) is 30.0 Å². The van der Waals surface area contributed by atoms with Gasteiger partial charge >= 0.3 is 0 Å². The number of rotatable bonds is 4. The topological polar surface area (TPSA) is 63.7 Å². The Hall–Kier alpha value is -2.19. The summed E-state index contributed by atoms with van der Waals surface area (Å²) in [6, 6.07) is 2.52. The number of nitrogens with zero attached hydrogens (tertiary/aromatic N) is 4. The van der Waals surface area contributed by atoms with Crippen LogP contribution >= 0.6 is 0 Å². The van der Waals surface area contributed by atoms with Crippen molar-refractivity contribution in [3.63, 3.8) is 0 Å². The third-order valence-electron chi connectivity index (χ3n) is 6.06. The molecule has 2 aliphatic rings. The van der Waals surface area contributed by atoms with Crippen LogP contribution in [0.3, 0.4) is 0 Å². The van der Waals surface area contributed by atoms with Crippen LogP contribution in [0, 0.1) is 11.3 Å². The number of aromatic nitrogens is 3. The Morgan fingerprint density at radius 3 is 2.65 bits per heavy atom. The Bertz CT molecular complexity index is 858. The van der Waals surface area contributed by atoms with Crippen LogP contribution in [0.5, 0.6) is 0 Å². The quantitative estimate of drug-likeness (QED) is 0.789. The van der Waals surface area contributed by atoms with Crippen LogP contribution in [0.25, 0.3) is 11.1 Å². The molecule has 0 saturated heterocycles. The minimum absolute atomic E-state index is 0.0991. The average Bonchev–Trinajstić information content (AvgIpc) is 2.89. The normalized spacial score (nSPS) is 18.5. The van der Waals surface area contributed by atoms with Gasteiger partial charge < -0.3 is 4.74 Å². The van der Waals surface area contributed by atoms with Gasteiger partial charge in [-0.1, -0.05) is 12.8 Å². The molecule has 0 amide bonds. The van der Waals surface area contributed by atoms with Crippen molar-refractivity contribution in [1.29, 1.82) is 5.26 Å². The fourth-order valence-corrected chi connectivity index (χ4v) is 4.61. The summed E-state index contributed by atoms with van der Waals surface area (Å²) in [5.74, 6) is 0. The summed E-state index contributed by atoms with van der Waals surface area (Å²) in [5, 5.41) is 14.5. The highest BCUT2D eigenvalue weighted by Gasteiger charge is 2.43. The Morgan fingerprint density at radius 2 is 2.04 bits per heavy atom. The van der Waals surface area contributed by atoms with Crippen LogP contribution < -0.4 is 0 Å². The minimum atomic E-state index is -0.0991. The molecule has 1 fully saturated rings. The van der Waals surface area contributed by atoms with E-state index in [1.165, 1.54) is 30.5 Å². The zero-order valence-electron chi connectivity index (χ0n) is 15.7. The second-order valence-electron chi connectivity index (χ2n) is 7.78. The summed E-state index contributed by atoms with van der Waals surface area (Å²) in [6.45, 7) is 0.639. The molecule has 2 aromatic rings. The van der Waals surface area contributed by atoms with E-state index in [1.807, 2.05) is 24.1 Å². The van der Waals surface area contributed by atoms with Crippen molar-refractivity contribution in [2.75, 3.05) is 13.7 Å². The highest BCUT2D eigenvalue weighted by Crippen LogP contribution is 2.47. The molecule has 26 heavy (non-hydrogen) atoms. The van der Waals surface area contributed by atoms with Crippen molar-refractivity contribution in [2.45, 2.75) is 56.8 Å². The highest BCUT2D eigenvalue weighted by atomic mass is 16.5. The lowest BCUT2D eigenvalue weighted by molar-refractivity contribution is 0.0760. The van der Waals surface area contributed by atoms with Crippen molar-refractivity contribution in [1.82, 2.24) is 14.8 Å². The number of methoxy groups -OCH3 is 1. The Balaban J connectivity index is 1.99. The molecule has 0 aromatic carbocycles. The molecule has 0 aliphatic heterocycles. The molecule has 2 heterocycles. The Kier molecular flexibility index (Phi) is 4.54. The molecule has 136 valence electrons. The summed E-state index contributed by atoms with van der Waals surface area (Å²) in [5.41, 5.74) is 6.18. The van der Waals surface area contributed by atoms with E-state index < -0.39 is 0 Å². The van der Waals surface area contributed by atoms with Crippen molar-refractivity contribution in [3.05, 3.63) is 34.9 Å². The summed E-state index contributed by atoms with van der Waals surface area (Å²) >= 11 is 0. The molecule has 0 bridgehead atoms. The smallest absolute Gasteiger partial charge is 0.102 e. The van der Waals surface area contributed by atoms with Gasteiger partial charge in [-0.3, -0.25) is 9.67 Å². The lowest BCUT2D eigenvalue weighted by atomic mass is 9.65. The number of aryl methyl sites for hydroxylation is 2. The number of ether oxygens (including phenoxy) is 1. The summed E-state index contributed by atoms with van der Waals surface area (Å²) < 4.78 is 7.37. The van der Waals surface area contributed by atoms with Crippen molar-refractivity contribution < 1.29 is 4.74 Å². The van der Waals surface area contributed by atoms with Crippen LogP contribution in [0.15, 0.2) is 12.4 Å². The van der Waals surface area contributed by atoms with Gasteiger partial charge in [-0.25, -0.2) is 0 Å². The van der Waals surface area contributed by atoms with E-state index in [2.05, 4.69) is 11.2 Å². The first-order valence-corrected chi connectivity index (χ1v) is 9.63. The largest absolute Gasteiger partial charge is 0.384 e. The molecule has 1 saturated carbocycles. The van der Waals surface area contributed by atoms with Gasteiger partial charge in [-0.15, -0.1) is 0 Å². The molecule has 0 N–H and O–H groups in total. The lowest BCUT2D eigenvalue weighted by Crippen LogP contribution is -2.40. The molecule has 0 spiro atoms. The SMILES string of the molecule is COCC1(c2nc3c(c(-c4cnn(C)c4)c2C#N)CCCCC3)CCC1. The zero-order chi connectivity index (χ0) is 18.1. The van der Waals surface area contributed by atoms with Crippen LogP contribution in [0.4, 0.5) is 0 Å². The van der Waals surface area contributed by atoms with E-state index in [1.54, 1.807) is 7.11 Å². The summed E-state index contributed by atoms with van der Waals surface area (Å²) in [7, 11) is 3.67. The van der Waals surface area contributed by atoms with E-state index in [4.69, 9.17) is 9.72 Å². The fraction of sp³-hybridized carbons (Fsp3) is 0.571. The van der Waals surface area contributed by atoms with Crippen LogP contribution in [0.2, 0.25) is 0 Å². The van der Waals surface area contributed by atoms with Gasteiger partial charge in [0.25, 0.3) is 0 Å². The second kappa shape index (κ2) is 6.85. The monoisotopic (exact) mass is 350 g/mol. The van der Waals surface area contributed by atoms with Gasteiger partial charge in [-0.05, 0) is 44.1 Å². The van der Waals surface area contributed by atoms with Gasteiger partial charge in [0.2, 0.25) is 0 Å². The predicted molar refractivity (Wildman–Crippen MR) is 99.8 cm³/mol. The van der Waals surface area contributed by atoms with Gasteiger partial charge in [-0.2, -0.15) is 10.4 Å². The third-order valence-corrected chi connectivity index (χ3v) is 6.06. The zero-order valence-corrected chi connectivity index (χ0v) is 15.7. The van der Waals surface area contributed by atoms with Crippen molar-refractivity contribution in [3.8, 4) is 17.2 Å². The van der Waals surface area contributed by atoms with Crippen LogP contribution in [0.1, 0.15) is 61.0 Å². The number of hydrogen-bond donors (Lipinski definition) is 0. The first-order chi connectivity index (χ1) is 12.7. The number of pyridine rings is 1. The molecule has 0 radical (unpaired) electrons. The Labute approximate surface area is 155 Å². The number of hydrogen-bond acceptors (Lipinski definition) is 4. The van der Waals surface area contributed by atoms with E-state index in [9.17, 15) is 5.26 Å². The van der Waals surface area contributed by atoms with E-state index in [0.29, 0.717) is 6.61 Å².